The minimum atomic E-state index is -0.725. The maximum Gasteiger partial charge on any atom is 0.410 e. The van der Waals surface area contributed by atoms with Crippen LogP contribution in [0.2, 0.25) is 0 Å². The van der Waals surface area contributed by atoms with Crippen LogP contribution in [-0.4, -0.2) is 71.0 Å². The van der Waals surface area contributed by atoms with Gasteiger partial charge in [0.1, 0.15) is 23.7 Å². The summed E-state index contributed by atoms with van der Waals surface area (Å²) < 4.78 is 11.7. The molecule has 0 bridgehead atoms. The number of nitrogens with zero attached hydrogens (tertiary/aromatic N) is 2. The lowest BCUT2D eigenvalue weighted by atomic mass is 10.0. The Morgan fingerprint density at radius 3 is 2.24 bits per heavy atom. The summed E-state index contributed by atoms with van der Waals surface area (Å²) in [4.78, 5) is 53.5. The van der Waals surface area contributed by atoms with Crippen molar-refractivity contribution in [1.82, 2.24) is 15.1 Å². The Labute approximate surface area is 225 Å². The number of rotatable bonds is 8. The molecule has 2 saturated heterocycles. The van der Waals surface area contributed by atoms with E-state index in [0.717, 1.165) is 30.4 Å². The molecular formula is C28H29N3O6S. The number of fused-ring (bicyclic) bond motifs is 1. The number of likely N-dealkylation sites (tertiary alicyclic amines) is 1. The van der Waals surface area contributed by atoms with Crippen LogP contribution in [0.15, 0.2) is 71.9 Å². The molecular weight excluding hydrogens is 506 g/mol. The summed E-state index contributed by atoms with van der Waals surface area (Å²) in [7, 11) is 0. The summed E-state index contributed by atoms with van der Waals surface area (Å²) in [6.07, 6.45) is 2.29. The van der Waals surface area contributed by atoms with Gasteiger partial charge in [-0.25, -0.2) is 9.59 Å². The molecule has 1 unspecified atom stereocenters. The molecule has 198 valence electrons. The van der Waals surface area contributed by atoms with Gasteiger partial charge in [-0.1, -0.05) is 60.7 Å². The van der Waals surface area contributed by atoms with E-state index in [1.54, 1.807) is 4.90 Å². The van der Waals surface area contributed by atoms with Crippen molar-refractivity contribution >= 4 is 36.1 Å². The summed E-state index contributed by atoms with van der Waals surface area (Å²) in [6.45, 7) is 1.16. The number of piperidine rings is 1. The van der Waals surface area contributed by atoms with Gasteiger partial charge in [-0.15, -0.1) is 11.8 Å². The fourth-order valence-corrected chi connectivity index (χ4v) is 6.28. The van der Waals surface area contributed by atoms with E-state index < -0.39 is 35.5 Å². The van der Waals surface area contributed by atoms with E-state index in [-0.39, 0.29) is 12.3 Å². The third-order valence-electron chi connectivity index (χ3n) is 6.90. The molecule has 0 saturated carbocycles. The second-order valence-electron chi connectivity index (χ2n) is 9.33. The quantitative estimate of drug-likeness (QED) is 0.314. The van der Waals surface area contributed by atoms with Crippen molar-refractivity contribution in [1.29, 1.82) is 0 Å². The molecule has 38 heavy (non-hydrogen) atoms. The van der Waals surface area contributed by atoms with Gasteiger partial charge in [0.15, 0.2) is 6.10 Å². The number of hydrogen-bond donors (Lipinski definition) is 1. The van der Waals surface area contributed by atoms with Crippen LogP contribution in [0.1, 0.15) is 36.5 Å². The van der Waals surface area contributed by atoms with E-state index in [1.807, 2.05) is 60.7 Å². The van der Waals surface area contributed by atoms with Crippen LogP contribution in [0.5, 0.6) is 0 Å². The average molecular weight is 536 g/mol. The lowest BCUT2D eigenvalue weighted by molar-refractivity contribution is -0.154. The molecule has 5 rings (SSSR count). The zero-order valence-corrected chi connectivity index (χ0v) is 21.6. The van der Waals surface area contributed by atoms with Gasteiger partial charge in [0.05, 0.1) is 0 Å². The SMILES string of the molecule is O=CNC1C(=O)N2C(C(=O)OC(c3ccccc3)c3ccccc3)=C(COC(=O)N3CCCCC3)CS[C@H]12. The molecule has 3 amide bonds. The Bertz CT molecular complexity index is 1180. The number of esters is 1. The third kappa shape index (κ3) is 5.26. The first-order valence-corrected chi connectivity index (χ1v) is 13.7. The Morgan fingerprint density at radius 1 is 1.00 bits per heavy atom. The van der Waals surface area contributed by atoms with Crippen molar-refractivity contribution < 1.29 is 28.7 Å². The van der Waals surface area contributed by atoms with E-state index in [9.17, 15) is 19.2 Å². The maximum absolute atomic E-state index is 13.8. The monoisotopic (exact) mass is 535 g/mol. The predicted octanol–water partition coefficient (Wildman–Crippen LogP) is 3.23. The summed E-state index contributed by atoms with van der Waals surface area (Å²) in [5, 5.41) is 2.09. The fraction of sp³-hybridized carbons (Fsp3) is 0.357. The second kappa shape index (κ2) is 11.7. The molecule has 0 aromatic heterocycles. The molecule has 0 radical (unpaired) electrons. The molecule has 2 aromatic rings. The minimum absolute atomic E-state index is 0.0750. The molecule has 2 fully saturated rings. The Hall–Kier alpha value is -3.79. The first-order valence-electron chi connectivity index (χ1n) is 12.7. The maximum atomic E-state index is 13.8. The number of carbonyl (C=O) groups excluding carboxylic acids is 4. The molecule has 9 nitrogen and oxygen atoms in total. The number of hydrogen-bond acceptors (Lipinski definition) is 7. The zero-order chi connectivity index (χ0) is 26.5. The van der Waals surface area contributed by atoms with E-state index in [2.05, 4.69) is 5.32 Å². The van der Waals surface area contributed by atoms with Gasteiger partial charge in [0.2, 0.25) is 6.41 Å². The van der Waals surface area contributed by atoms with Crippen molar-refractivity contribution in [2.24, 2.45) is 0 Å². The van der Waals surface area contributed by atoms with Gasteiger partial charge in [-0.05, 0) is 30.4 Å². The Balaban J connectivity index is 1.43. The average Bonchev–Trinajstić information content (AvgIpc) is 2.98. The van der Waals surface area contributed by atoms with Gasteiger partial charge >= 0.3 is 12.1 Å². The van der Waals surface area contributed by atoms with Gasteiger partial charge in [-0.3, -0.25) is 14.5 Å². The van der Waals surface area contributed by atoms with Gasteiger partial charge in [0, 0.05) is 24.4 Å². The van der Waals surface area contributed by atoms with Gasteiger partial charge in [0.25, 0.3) is 5.91 Å². The Kier molecular flexibility index (Phi) is 7.97. The van der Waals surface area contributed by atoms with Crippen molar-refractivity contribution in [3.8, 4) is 0 Å². The lowest BCUT2D eigenvalue weighted by Crippen LogP contribution is -2.69. The highest BCUT2D eigenvalue weighted by molar-refractivity contribution is 8.00. The van der Waals surface area contributed by atoms with Crippen molar-refractivity contribution in [2.45, 2.75) is 36.8 Å². The number of thioether (sulfide) groups is 1. The van der Waals surface area contributed by atoms with Crippen molar-refractivity contribution in [3.63, 3.8) is 0 Å². The lowest BCUT2D eigenvalue weighted by Gasteiger charge is -2.49. The zero-order valence-electron chi connectivity index (χ0n) is 20.8. The normalized spacial score (nSPS) is 20.9. The molecule has 0 spiro atoms. The number of carbonyl (C=O) groups is 4. The molecule has 0 aliphatic carbocycles. The van der Waals surface area contributed by atoms with E-state index in [0.29, 0.717) is 30.8 Å². The number of nitrogens with one attached hydrogen (secondary N) is 1. The van der Waals surface area contributed by atoms with Crippen molar-refractivity contribution in [3.05, 3.63) is 83.1 Å². The van der Waals surface area contributed by atoms with Crippen LogP contribution in [0.25, 0.3) is 0 Å². The molecule has 3 aliphatic heterocycles. The molecule has 2 atom stereocenters. The smallest absolute Gasteiger partial charge is 0.410 e. The molecule has 3 aliphatic rings. The number of benzene rings is 2. The minimum Gasteiger partial charge on any atom is -0.448 e. The van der Waals surface area contributed by atoms with Crippen LogP contribution in [0.3, 0.4) is 0 Å². The first kappa shape index (κ1) is 25.8. The van der Waals surface area contributed by atoms with Crippen LogP contribution in [-0.2, 0) is 23.9 Å². The van der Waals surface area contributed by atoms with Crippen molar-refractivity contribution in [2.75, 3.05) is 25.4 Å². The topological polar surface area (TPSA) is 105 Å². The molecule has 10 heteroatoms. The summed E-state index contributed by atoms with van der Waals surface area (Å²) in [5.74, 6) is -0.739. The van der Waals surface area contributed by atoms with E-state index in [4.69, 9.17) is 9.47 Å². The van der Waals surface area contributed by atoms with Crippen LogP contribution in [0.4, 0.5) is 4.79 Å². The standard InChI is InChI=1S/C28H29N3O6S/c32-18-29-22-25(33)31-23(21(17-38-26(22)31)16-36-28(35)30-14-8-3-9-15-30)27(34)37-24(19-10-4-1-5-11-19)20-12-6-2-7-13-20/h1-2,4-7,10-13,18,22,24,26H,3,8-9,14-17H2,(H,29,32)/t22?,26-/m1/s1. The van der Waals surface area contributed by atoms with Crippen LogP contribution in [0, 0.1) is 0 Å². The molecule has 2 aromatic carbocycles. The third-order valence-corrected chi connectivity index (χ3v) is 8.24. The highest BCUT2D eigenvalue weighted by atomic mass is 32.2. The highest BCUT2D eigenvalue weighted by Crippen LogP contribution is 2.41. The highest BCUT2D eigenvalue weighted by Gasteiger charge is 2.54. The largest absolute Gasteiger partial charge is 0.448 e. The van der Waals surface area contributed by atoms with Crippen LogP contribution >= 0.6 is 11.8 Å². The van der Waals surface area contributed by atoms with Gasteiger partial charge in [-0.2, -0.15) is 0 Å². The van der Waals surface area contributed by atoms with E-state index in [1.165, 1.54) is 16.7 Å². The van der Waals surface area contributed by atoms with Crippen LogP contribution < -0.4 is 5.32 Å². The second-order valence-corrected chi connectivity index (χ2v) is 10.4. The molecule has 1 N–H and O–H groups in total. The summed E-state index contributed by atoms with van der Waals surface area (Å²) >= 11 is 1.41. The molecule has 3 heterocycles. The fourth-order valence-electron chi connectivity index (χ4n) is 4.94. The van der Waals surface area contributed by atoms with Gasteiger partial charge < -0.3 is 19.7 Å². The predicted molar refractivity (Wildman–Crippen MR) is 141 cm³/mol. The number of β-lactam (4-membered cyclic amide) rings is 1. The summed E-state index contributed by atoms with van der Waals surface area (Å²) in [5.41, 5.74) is 2.14. The number of amides is 3. The summed E-state index contributed by atoms with van der Waals surface area (Å²) in [6, 6.07) is 18.0. The number of ether oxygens (including phenoxy) is 2. The first-order chi connectivity index (χ1) is 18.6. The Morgan fingerprint density at radius 2 is 1.63 bits per heavy atom. The van der Waals surface area contributed by atoms with E-state index >= 15 is 0 Å².